The van der Waals surface area contributed by atoms with Crippen molar-refractivity contribution in [1.29, 1.82) is 5.26 Å². The summed E-state index contributed by atoms with van der Waals surface area (Å²) in [5, 5.41) is 12.6. The minimum absolute atomic E-state index is 0.00778. The summed E-state index contributed by atoms with van der Waals surface area (Å²) in [6.07, 6.45) is 11.3. The van der Waals surface area contributed by atoms with Gasteiger partial charge in [-0.05, 0) is 60.6 Å². The smallest absolute Gasteiger partial charge is 0.244 e. The van der Waals surface area contributed by atoms with Crippen LogP contribution in [0.25, 0.3) is 6.08 Å². The second-order valence-corrected chi connectivity index (χ2v) is 8.95. The van der Waals surface area contributed by atoms with E-state index in [-0.39, 0.29) is 11.4 Å². The van der Waals surface area contributed by atoms with E-state index >= 15 is 0 Å². The lowest BCUT2D eigenvalue weighted by molar-refractivity contribution is -0.118. The van der Waals surface area contributed by atoms with Gasteiger partial charge in [0.25, 0.3) is 0 Å². The predicted molar refractivity (Wildman–Crippen MR) is 124 cm³/mol. The molecule has 0 atom stereocenters. The first-order chi connectivity index (χ1) is 15.2. The molecule has 160 valence electrons. The fraction of sp³-hybridized carbons (Fsp3) is 0.407. The number of benzene rings is 2. The number of rotatable bonds is 6. The Morgan fingerprint density at radius 3 is 2.68 bits per heavy atom. The lowest BCUT2D eigenvalue weighted by Crippen LogP contribution is -2.51. The van der Waals surface area contributed by atoms with Crippen LogP contribution in [0.2, 0.25) is 0 Å². The molecule has 2 aromatic carbocycles. The normalized spacial score (nSPS) is 18.3. The minimum atomic E-state index is -0.106. The topological polar surface area (TPSA) is 56.1 Å². The van der Waals surface area contributed by atoms with Crippen molar-refractivity contribution in [2.75, 3.05) is 13.1 Å². The fourth-order valence-electron chi connectivity index (χ4n) is 4.95. The predicted octanol–water partition coefficient (Wildman–Crippen LogP) is 4.84. The molecule has 1 fully saturated rings. The van der Waals surface area contributed by atoms with E-state index in [9.17, 15) is 10.1 Å². The Bertz CT molecular complexity index is 968. The molecule has 2 aromatic rings. The summed E-state index contributed by atoms with van der Waals surface area (Å²) in [4.78, 5) is 15.2. The molecule has 0 spiro atoms. The van der Waals surface area contributed by atoms with Crippen molar-refractivity contribution in [1.82, 2.24) is 10.2 Å². The van der Waals surface area contributed by atoms with Gasteiger partial charge in [-0.25, -0.2) is 0 Å². The second kappa shape index (κ2) is 9.94. The Morgan fingerprint density at radius 1 is 1.10 bits per heavy atom. The summed E-state index contributed by atoms with van der Waals surface area (Å²) in [5.74, 6) is 0.00778. The SMILES string of the molecule is N#Cc1ccc2c(c1)CN(CCC1(NC(=O)C=Cc3ccccc3)CCCCC1)CC2. The quantitative estimate of drug-likeness (QED) is 0.690. The number of amides is 1. The van der Waals surface area contributed by atoms with Crippen LogP contribution in [0.3, 0.4) is 0 Å². The monoisotopic (exact) mass is 413 g/mol. The number of hydrogen-bond donors (Lipinski definition) is 1. The van der Waals surface area contributed by atoms with Gasteiger partial charge < -0.3 is 5.32 Å². The molecule has 31 heavy (non-hydrogen) atoms. The van der Waals surface area contributed by atoms with E-state index in [1.165, 1.54) is 30.4 Å². The number of nitriles is 1. The van der Waals surface area contributed by atoms with Crippen molar-refractivity contribution in [2.24, 2.45) is 0 Å². The van der Waals surface area contributed by atoms with Gasteiger partial charge in [-0.15, -0.1) is 0 Å². The van der Waals surface area contributed by atoms with Crippen molar-refractivity contribution < 1.29 is 4.79 Å². The summed E-state index contributed by atoms with van der Waals surface area (Å²) in [6, 6.07) is 18.3. The average Bonchev–Trinajstić information content (AvgIpc) is 2.82. The average molecular weight is 414 g/mol. The highest BCUT2D eigenvalue weighted by Gasteiger charge is 2.33. The van der Waals surface area contributed by atoms with Gasteiger partial charge >= 0.3 is 0 Å². The molecule has 1 saturated carbocycles. The summed E-state index contributed by atoms with van der Waals surface area (Å²) < 4.78 is 0. The lowest BCUT2D eigenvalue weighted by atomic mass is 9.79. The highest BCUT2D eigenvalue weighted by Crippen LogP contribution is 2.32. The first-order valence-electron chi connectivity index (χ1n) is 11.5. The minimum Gasteiger partial charge on any atom is -0.347 e. The number of hydrogen-bond acceptors (Lipinski definition) is 3. The molecule has 1 aliphatic carbocycles. The number of carbonyl (C=O) groups is 1. The zero-order valence-corrected chi connectivity index (χ0v) is 18.1. The molecule has 0 unspecified atom stereocenters. The molecule has 0 saturated heterocycles. The Labute approximate surface area is 185 Å². The molecule has 1 N–H and O–H groups in total. The molecule has 1 aliphatic heterocycles. The van der Waals surface area contributed by atoms with Crippen LogP contribution in [0.15, 0.2) is 54.6 Å². The van der Waals surface area contributed by atoms with Crippen molar-refractivity contribution in [3.63, 3.8) is 0 Å². The first-order valence-corrected chi connectivity index (χ1v) is 11.5. The third-order valence-electron chi connectivity index (χ3n) is 6.76. The Kier molecular flexibility index (Phi) is 6.84. The maximum absolute atomic E-state index is 12.7. The van der Waals surface area contributed by atoms with Gasteiger partial charge in [-0.2, -0.15) is 5.26 Å². The van der Waals surface area contributed by atoms with E-state index in [4.69, 9.17) is 0 Å². The van der Waals surface area contributed by atoms with E-state index in [1.807, 2.05) is 48.5 Å². The summed E-state index contributed by atoms with van der Waals surface area (Å²) in [5.41, 5.74) is 4.31. The Balaban J connectivity index is 1.38. The van der Waals surface area contributed by atoms with Crippen LogP contribution in [-0.2, 0) is 17.8 Å². The molecule has 4 rings (SSSR count). The van der Waals surface area contributed by atoms with Crippen LogP contribution in [0.1, 0.15) is 60.8 Å². The fourth-order valence-corrected chi connectivity index (χ4v) is 4.95. The van der Waals surface area contributed by atoms with Crippen LogP contribution < -0.4 is 5.32 Å². The molecule has 0 bridgehead atoms. The van der Waals surface area contributed by atoms with Gasteiger partial charge in [0.1, 0.15) is 0 Å². The van der Waals surface area contributed by atoms with Crippen LogP contribution in [0.4, 0.5) is 0 Å². The van der Waals surface area contributed by atoms with Crippen molar-refractivity contribution >= 4 is 12.0 Å². The molecule has 1 amide bonds. The zero-order valence-electron chi connectivity index (χ0n) is 18.1. The van der Waals surface area contributed by atoms with Crippen LogP contribution in [0.5, 0.6) is 0 Å². The second-order valence-electron chi connectivity index (χ2n) is 8.95. The molecular formula is C27H31N3O. The largest absolute Gasteiger partial charge is 0.347 e. The van der Waals surface area contributed by atoms with E-state index in [1.54, 1.807) is 6.08 Å². The molecule has 0 aromatic heterocycles. The van der Waals surface area contributed by atoms with Crippen molar-refractivity contribution in [3.05, 3.63) is 76.9 Å². The summed E-state index contributed by atoms with van der Waals surface area (Å²) >= 11 is 0. The molecule has 1 heterocycles. The standard InChI is InChI=1S/C27H31N3O/c28-20-23-9-11-24-13-17-30(21-25(24)19-23)18-16-27(14-5-2-6-15-27)29-26(31)12-10-22-7-3-1-4-8-22/h1,3-4,7-12,19H,2,5-6,13-18,21H2,(H,29,31). The number of carbonyl (C=O) groups excluding carboxylic acids is 1. The van der Waals surface area contributed by atoms with E-state index < -0.39 is 0 Å². The lowest BCUT2D eigenvalue weighted by Gasteiger charge is -2.40. The number of nitrogens with one attached hydrogen (secondary N) is 1. The molecule has 4 heteroatoms. The molecule has 4 nitrogen and oxygen atoms in total. The van der Waals surface area contributed by atoms with Gasteiger partial charge in [0.15, 0.2) is 0 Å². The van der Waals surface area contributed by atoms with Gasteiger partial charge in [0.05, 0.1) is 11.6 Å². The summed E-state index contributed by atoms with van der Waals surface area (Å²) in [7, 11) is 0. The Hall–Kier alpha value is -2.90. The van der Waals surface area contributed by atoms with Crippen molar-refractivity contribution in [3.8, 4) is 6.07 Å². The van der Waals surface area contributed by atoms with Gasteiger partial charge in [-0.1, -0.05) is 55.7 Å². The van der Waals surface area contributed by atoms with Crippen LogP contribution in [-0.4, -0.2) is 29.4 Å². The molecule has 2 aliphatic rings. The zero-order chi connectivity index (χ0) is 21.5. The highest BCUT2D eigenvalue weighted by molar-refractivity contribution is 5.92. The molecule has 0 radical (unpaired) electrons. The highest BCUT2D eigenvalue weighted by atomic mass is 16.1. The first kappa shape index (κ1) is 21.3. The summed E-state index contributed by atoms with van der Waals surface area (Å²) in [6.45, 7) is 2.90. The third kappa shape index (κ3) is 5.62. The van der Waals surface area contributed by atoms with E-state index in [0.29, 0.717) is 0 Å². The maximum Gasteiger partial charge on any atom is 0.244 e. The van der Waals surface area contributed by atoms with Crippen molar-refractivity contribution in [2.45, 2.75) is 57.0 Å². The third-order valence-corrected chi connectivity index (χ3v) is 6.76. The van der Waals surface area contributed by atoms with E-state index in [2.05, 4.69) is 22.4 Å². The number of nitrogens with zero attached hydrogens (tertiary/aromatic N) is 2. The Morgan fingerprint density at radius 2 is 1.90 bits per heavy atom. The number of fused-ring (bicyclic) bond motifs is 1. The van der Waals surface area contributed by atoms with Crippen LogP contribution in [0, 0.1) is 11.3 Å². The maximum atomic E-state index is 12.7. The van der Waals surface area contributed by atoms with Crippen LogP contribution >= 0.6 is 0 Å². The molecular weight excluding hydrogens is 382 g/mol. The van der Waals surface area contributed by atoms with Gasteiger partial charge in [-0.3, -0.25) is 9.69 Å². The van der Waals surface area contributed by atoms with Gasteiger partial charge in [0, 0.05) is 31.2 Å². The van der Waals surface area contributed by atoms with Gasteiger partial charge in [0.2, 0.25) is 5.91 Å². The van der Waals surface area contributed by atoms with E-state index in [0.717, 1.165) is 56.4 Å².